The summed E-state index contributed by atoms with van der Waals surface area (Å²) in [5, 5.41) is 0. The molecule has 1 aliphatic rings. The van der Waals surface area contributed by atoms with Gasteiger partial charge in [0.2, 0.25) is 0 Å². The molecule has 6 nitrogen and oxygen atoms in total. The van der Waals surface area contributed by atoms with Crippen LogP contribution >= 0.6 is 20.7 Å². The van der Waals surface area contributed by atoms with Crippen LogP contribution in [0.15, 0.2) is 96.9 Å². The van der Waals surface area contributed by atoms with E-state index in [9.17, 15) is 14.4 Å². The van der Waals surface area contributed by atoms with Crippen LogP contribution in [-0.2, 0) is 19.6 Å². The van der Waals surface area contributed by atoms with Gasteiger partial charge in [-0.3, -0.25) is 0 Å². The van der Waals surface area contributed by atoms with Gasteiger partial charge in [-0.15, -0.1) is 0 Å². The van der Waals surface area contributed by atoms with E-state index in [0.717, 1.165) is 30.4 Å². The first-order valence-corrected chi connectivity index (χ1v) is 12.0. The largest absolute Gasteiger partial charge is 0.336 e. The van der Waals surface area contributed by atoms with E-state index in [1.54, 1.807) is 0 Å². The van der Waals surface area contributed by atoms with Crippen LogP contribution in [0.25, 0.3) is 0 Å². The highest BCUT2D eigenvalue weighted by Gasteiger charge is 2.17. The summed E-state index contributed by atoms with van der Waals surface area (Å²) in [4.78, 5) is 39.4. The van der Waals surface area contributed by atoms with E-state index in [0.29, 0.717) is 0 Å². The third kappa shape index (κ3) is 4.40. The van der Waals surface area contributed by atoms with E-state index in [1.165, 1.54) is 0 Å². The number of aromatic nitrogens is 3. The Morgan fingerprint density at radius 1 is 0.633 bits per heavy atom. The van der Waals surface area contributed by atoms with Crippen LogP contribution in [0.2, 0.25) is 0 Å². The molecule has 1 aromatic heterocycles. The molecule has 0 unspecified atom stereocenters. The Balaban J connectivity index is 1.86. The van der Waals surface area contributed by atoms with E-state index in [-0.39, 0.29) is 40.4 Å². The minimum atomic E-state index is -0.598. The van der Waals surface area contributed by atoms with Gasteiger partial charge in [-0.05, 0) is 24.8 Å². The van der Waals surface area contributed by atoms with Crippen molar-refractivity contribution in [2.24, 2.45) is 0 Å². The van der Waals surface area contributed by atoms with Gasteiger partial charge in [0.1, 0.15) is 0 Å². The van der Waals surface area contributed by atoms with Crippen molar-refractivity contribution in [1.82, 2.24) is 13.7 Å². The zero-order valence-corrected chi connectivity index (χ0v) is 18.3. The van der Waals surface area contributed by atoms with Crippen LogP contribution in [-0.4, -0.2) is 17.7 Å². The predicted octanol–water partition coefficient (Wildman–Crippen LogP) is 2.49. The molecule has 2 heterocycles. The molecule has 0 amide bonds. The van der Waals surface area contributed by atoms with Gasteiger partial charge in [0.25, 0.3) is 0 Å². The average Bonchev–Trinajstić information content (AvgIpc) is 2.79. The minimum absolute atomic E-state index is 0.0985. The highest BCUT2D eigenvalue weighted by Crippen LogP contribution is 2.10. The lowest BCUT2D eigenvalue weighted by Crippen LogP contribution is -2.54. The molecule has 0 saturated heterocycles. The fourth-order valence-electron chi connectivity index (χ4n) is 3.24. The topological polar surface area (TPSA) is 66.0 Å². The van der Waals surface area contributed by atoms with Crippen LogP contribution < -0.4 is 17.1 Å². The lowest BCUT2D eigenvalue weighted by Gasteiger charge is -2.15. The molecule has 1 aliphatic heterocycles. The van der Waals surface area contributed by atoms with Gasteiger partial charge in [-0.2, -0.15) is 0 Å². The van der Waals surface area contributed by atoms with Gasteiger partial charge >= 0.3 is 17.1 Å². The molecule has 0 N–H and O–H groups in total. The average molecular weight is 513 g/mol. The third-order valence-corrected chi connectivity index (χ3v) is 6.34. The summed E-state index contributed by atoms with van der Waals surface area (Å²) in [5.74, 6) is 0. The second kappa shape index (κ2) is 9.17. The third-order valence-electron chi connectivity index (χ3n) is 4.79. The maximum absolute atomic E-state index is 13.2. The number of hydrogen-bond donors (Lipinski definition) is 0. The summed E-state index contributed by atoms with van der Waals surface area (Å²) in [6, 6.07) is 18.6. The maximum Gasteiger partial charge on any atom is 0.336 e. The Morgan fingerprint density at radius 3 is 1.53 bits per heavy atom. The van der Waals surface area contributed by atoms with E-state index < -0.39 is 17.1 Å². The van der Waals surface area contributed by atoms with Crippen molar-refractivity contribution in [3.8, 4) is 0 Å². The molecule has 0 bridgehead atoms. The van der Waals surface area contributed by atoms with E-state index in [2.05, 4.69) is 8.09 Å². The highest BCUT2D eigenvalue weighted by molar-refractivity contribution is 14.2. The molecule has 3 aromatic rings. The van der Waals surface area contributed by atoms with Gasteiger partial charge in [-0.25, -0.2) is 28.1 Å². The SMILES string of the molecule is O=c1n(CC2=CC=IC=C2)c(=O)n(Cc2ccccc2)c(=O)n1Cc1ccccc1. The highest BCUT2D eigenvalue weighted by atomic mass is 127. The first kappa shape index (κ1) is 20.2. The Morgan fingerprint density at radius 2 is 1.10 bits per heavy atom. The Hall–Kier alpha value is -3.07. The summed E-state index contributed by atoms with van der Waals surface area (Å²) in [6.07, 6.45) is 3.90. The molecule has 0 atom stereocenters. The lowest BCUT2D eigenvalue weighted by molar-refractivity contribution is 0.492. The first-order valence-electron chi connectivity index (χ1n) is 9.47. The number of halogens is 1. The molecule has 4 rings (SSSR count). The summed E-state index contributed by atoms with van der Waals surface area (Å²) >= 11 is -0.0985. The first-order chi connectivity index (χ1) is 14.6. The molecule has 0 spiro atoms. The predicted molar refractivity (Wildman–Crippen MR) is 128 cm³/mol. The van der Waals surface area contributed by atoms with E-state index in [4.69, 9.17) is 0 Å². The standard InChI is InChI=1S/C23H20IN3O3/c28-21-25(15-18-7-3-1-4-8-18)22(29)27(17-20-11-13-24-14-12-20)23(30)26(21)16-19-9-5-2-6-10-19/h1-14H,15-17H2. The van der Waals surface area contributed by atoms with Crippen molar-refractivity contribution in [3.05, 3.63) is 125 Å². The molecule has 0 radical (unpaired) electrons. The van der Waals surface area contributed by atoms with Crippen molar-refractivity contribution < 1.29 is 0 Å². The lowest BCUT2D eigenvalue weighted by atomic mass is 10.2. The van der Waals surface area contributed by atoms with E-state index >= 15 is 0 Å². The van der Waals surface area contributed by atoms with Gasteiger partial charge in [0, 0.05) is 0 Å². The molecule has 2 aromatic carbocycles. The van der Waals surface area contributed by atoms with Crippen molar-refractivity contribution in [1.29, 1.82) is 0 Å². The molecule has 0 fully saturated rings. The zero-order chi connectivity index (χ0) is 20.9. The fourth-order valence-corrected chi connectivity index (χ4v) is 4.82. The van der Waals surface area contributed by atoms with Gasteiger partial charge in [-0.1, -0.05) is 93.5 Å². The Bertz CT molecular complexity index is 1230. The molecule has 0 saturated carbocycles. The van der Waals surface area contributed by atoms with Crippen LogP contribution in [0.5, 0.6) is 0 Å². The van der Waals surface area contributed by atoms with Gasteiger partial charge in [0.05, 0.1) is 19.6 Å². The molecule has 0 aliphatic carbocycles. The molecular weight excluding hydrogens is 493 g/mol. The van der Waals surface area contributed by atoms with Crippen molar-refractivity contribution in [2.75, 3.05) is 0 Å². The smallest absolute Gasteiger partial charge is 0.247 e. The maximum atomic E-state index is 13.2. The van der Waals surface area contributed by atoms with Gasteiger partial charge < -0.3 is 0 Å². The van der Waals surface area contributed by atoms with Crippen LogP contribution in [0.4, 0.5) is 0 Å². The van der Waals surface area contributed by atoms with Crippen molar-refractivity contribution in [3.63, 3.8) is 0 Å². The second-order valence-corrected chi connectivity index (χ2v) is 9.02. The molecule has 7 heteroatoms. The van der Waals surface area contributed by atoms with Crippen molar-refractivity contribution in [2.45, 2.75) is 19.6 Å². The number of allylic oxidation sites excluding steroid dienone is 3. The minimum Gasteiger partial charge on any atom is -0.247 e. The zero-order valence-electron chi connectivity index (χ0n) is 16.1. The van der Waals surface area contributed by atoms with Crippen LogP contribution in [0.3, 0.4) is 0 Å². The van der Waals surface area contributed by atoms with Gasteiger partial charge in [0.15, 0.2) is 0 Å². The molecule has 30 heavy (non-hydrogen) atoms. The monoisotopic (exact) mass is 513 g/mol. The number of benzene rings is 2. The Kier molecular flexibility index (Phi) is 6.18. The quantitative estimate of drug-likeness (QED) is 0.476. The summed E-state index contributed by atoms with van der Waals surface area (Å²) < 4.78 is 7.61. The summed E-state index contributed by atoms with van der Waals surface area (Å²) in [7, 11) is 0. The van der Waals surface area contributed by atoms with Crippen LogP contribution in [0.1, 0.15) is 11.1 Å². The number of nitrogens with zero attached hydrogens (tertiary/aromatic N) is 3. The normalized spacial score (nSPS) is 13.0. The molecule has 152 valence electrons. The molecular formula is C23H20IN3O3. The van der Waals surface area contributed by atoms with Crippen LogP contribution in [0, 0.1) is 0 Å². The summed E-state index contributed by atoms with van der Waals surface area (Å²) in [6.45, 7) is 0.360. The Labute approximate surface area is 182 Å². The van der Waals surface area contributed by atoms with Crippen molar-refractivity contribution >= 4 is 24.7 Å². The second-order valence-electron chi connectivity index (χ2n) is 6.86. The number of rotatable bonds is 6. The summed E-state index contributed by atoms with van der Waals surface area (Å²) in [5.41, 5.74) is 0.738. The van der Waals surface area contributed by atoms with E-state index in [1.807, 2.05) is 72.8 Å². The fraction of sp³-hybridized carbons (Fsp3) is 0.130. The number of hydrogen-bond acceptors (Lipinski definition) is 3.